The first kappa shape index (κ1) is 22.6. The first-order valence-corrected chi connectivity index (χ1v) is 11.0. The highest BCUT2D eigenvalue weighted by Gasteiger charge is 2.38. The Balaban J connectivity index is 1.56. The standard InChI is InChI=1S/C24H31N3O4/c1-4-5-6-7-8-11-18-30-19-14-16-20(17-15-19)31-24(2,3)23(28)26-21-12-9-10-13-22(21)27(29)25-26/h9-10,12-17H,4-8,11,18H2,1-3H3. The average molecular weight is 426 g/mol. The van der Waals surface area contributed by atoms with Crippen molar-refractivity contribution in [1.82, 2.24) is 9.90 Å². The van der Waals surface area contributed by atoms with Crippen molar-refractivity contribution in [2.24, 2.45) is 0 Å². The molecular weight excluding hydrogens is 394 g/mol. The number of ether oxygens (including phenoxy) is 2. The monoisotopic (exact) mass is 425 g/mol. The van der Waals surface area contributed by atoms with Crippen LogP contribution in [-0.4, -0.2) is 28.0 Å². The summed E-state index contributed by atoms with van der Waals surface area (Å²) in [5, 5.41) is 15.8. The van der Waals surface area contributed by atoms with E-state index in [1.54, 1.807) is 50.2 Å². The second kappa shape index (κ2) is 10.3. The third-order valence-electron chi connectivity index (χ3n) is 5.16. The molecule has 0 fully saturated rings. The molecule has 0 amide bonds. The third kappa shape index (κ3) is 5.75. The molecule has 0 atom stereocenters. The number of rotatable bonds is 11. The molecule has 1 heterocycles. The first-order valence-electron chi connectivity index (χ1n) is 11.0. The maximum absolute atomic E-state index is 13.0. The van der Waals surface area contributed by atoms with Gasteiger partial charge in [0.2, 0.25) is 16.6 Å². The minimum Gasteiger partial charge on any atom is -0.691 e. The van der Waals surface area contributed by atoms with Crippen LogP contribution in [0.1, 0.15) is 64.1 Å². The molecule has 0 aliphatic rings. The van der Waals surface area contributed by atoms with Crippen LogP contribution in [-0.2, 0) is 0 Å². The molecule has 3 rings (SSSR count). The van der Waals surface area contributed by atoms with E-state index >= 15 is 0 Å². The number of aromatic nitrogens is 3. The van der Waals surface area contributed by atoms with Gasteiger partial charge in [-0.3, -0.25) is 0 Å². The SMILES string of the molecule is CCCCCCCCOc1ccc(OC(C)(C)C(=O)n2n[n+]([O-])c3ccccc32)cc1. The second-order valence-corrected chi connectivity index (χ2v) is 8.17. The fraction of sp³-hybridized carbons (Fsp3) is 0.458. The zero-order valence-electron chi connectivity index (χ0n) is 18.5. The van der Waals surface area contributed by atoms with Crippen molar-refractivity contribution in [3.63, 3.8) is 0 Å². The maximum Gasteiger partial charge on any atom is 0.378 e. The van der Waals surface area contributed by atoms with Crippen molar-refractivity contribution in [2.45, 2.75) is 64.9 Å². The van der Waals surface area contributed by atoms with E-state index in [4.69, 9.17) is 9.47 Å². The van der Waals surface area contributed by atoms with Crippen molar-refractivity contribution in [3.8, 4) is 11.5 Å². The molecular formula is C24H31N3O4. The minimum atomic E-state index is -1.22. The molecule has 0 aliphatic heterocycles. The molecule has 0 saturated heterocycles. The maximum atomic E-state index is 13.0. The number of carbonyl (C=O) groups excluding carboxylic acids is 1. The highest BCUT2D eigenvalue weighted by molar-refractivity contribution is 5.92. The molecule has 166 valence electrons. The lowest BCUT2D eigenvalue weighted by atomic mass is 10.1. The zero-order chi connectivity index (χ0) is 22.3. The molecule has 7 heteroatoms. The number of benzene rings is 2. The van der Waals surface area contributed by atoms with E-state index in [0.29, 0.717) is 28.2 Å². The lowest BCUT2D eigenvalue weighted by Crippen LogP contribution is -2.43. The lowest BCUT2D eigenvalue weighted by Gasteiger charge is -2.22. The molecule has 31 heavy (non-hydrogen) atoms. The Kier molecular flexibility index (Phi) is 7.50. The topological polar surface area (TPSA) is 80.3 Å². The van der Waals surface area contributed by atoms with Gasteiger partial charge in [-0.05, 0) is 56.7 Å². The highest BCUT2D eigenvalue weighted by Crippen LogP contribution is 2.24. The molecule has 3 aromatic rings. The van der Waals surface area contributed by atoms with Gasteiger partial charge in [-0.15, -0.1) is 4.85 Å². The molecule has 0 aliphatic carbocycles. The van der Waals surface area contributed by atoms with E-state index in [2.05, 4.69) is 12.1 Å². The Morgan fingerprint density at radius 1 is 1.00 bits per heavy atom. The number of unbranched alkanes of at least 4 members (excludes halogenated alkanes) is 5. The van der Waals surface area contributed by atoms with E-state index in [1.807, 2.05) is 12.1 Å². The third-order valence-corrected chi connectivity index (χ3v) is 5.16. The molecule has 0 N–H and O–H groups in total. The minimum absolute atomic E-state index is 0.332. The van der Waals surface area contributed by atoms with Gasteiger partial charge in [0.1, 0.15) is 16.7 Å². The number of carbonyl (C=O) groups is 1. The van der Waals surface area contributed by atoms with Gasteiger partial charge in [-0.1, -0.05) is 55.8 Å². The van der Waals surface area contributed by atoms with Gasteiger partial charge < -0.3 is 14.7 Å². The van der Waals surface area contributed by atoms with Gasteiger partial charge in [-0.2, -0.15) is 0 Å². The number of hydrogen-bond donors (Lipinski definition) is 0. The summed E-state index contributed by atoms with van der Waals surface area (Å²) in [6.45, 7) is 6.22. The zero-order valence-corrected chi connectivity index (χ0v) is 18.5. The Labute approximate surface area is 183 Å². The summed E-state index contributed by atoms with van der Waals surface area (Å²) in [5.74, 6) is 0.883. The average Bonchev–Trinajstić information content (AvgIpc) is 3.10. The predicted molar refractivity (Wildman–Crippen MR) is 119 cm³/mol. The van der Waals surface area contributed by atoms with Crippen molar-refractivity contribution in [2.75, 3.05) is 6.61 Å². The normalized spacial score (nSPS) is 11.6. The molecule has 0 bridgehead atoms. The van der Waals surface area contributed by atoms with Gasteiger partial charge in [-0.25, -0.2) is 4.79 Å². The predicted octanol–water partition coefficient (Wildman–Crippen LogP) is 4.91. The van der Waals surface area contributed by atoms with Crippen LogP contribution in [0, 0.1) is 5.21 Å². The molecule has 0 radical (unpaired) electrons. The number of nitrogens with zero attached hydrogens (tertiary/aromatic N) is 3. The van der Waals surface area contributed by atoms with Crippen molar-refractivity contribution < 1.29 is 19.1 Å². The van der Waals surface area contributed by atoms with Crippen LogP contribution in [0.4, 0.5) is 0 Å². The van der Waals surface area contributed by atoms with Crippen LogP contribution in [0.2, 0.25) is 0 Å². The Morgan fingerprint density at radius 3 is 2.39 bits per heavy atom. The second-order valence-electron chi connectivity index (χ2n) is 8.17. The Morgan fingerprint density at radius 2 is 1.65 bits per heavy atom. The molecule has 7 nitrogen and oxygen atoms in total. The Bertz CT molecular complexity index is 996. The summed E-state index contributed by atoms with van der Waals surface area (Å²) >= 11 is 0. The van der Waals surface area contributed by atoms with Crippen LogP contribution in [0.3, 0.4) is 0 Å². The van der Waals surface area contributed by atoms with Crippen LogP contribution in [0.25, 0.3) is 11.0 Å². The smallest absolute Gasteiger partial charge is 0.378 e. The molecule has 2 aromatic carbocycles. The Hall–Kier alpha value is -3.09. The lowest BCUT2D eigenvalue weighted by molar-refractivity contribution is -0.645. The van der Waals surface area contributed by atoms with Crippen LogP contribution < -0.4 is 14.3 Å². The quantitative estimate of drug-likeness (QED) is 0.248. The fourth-order valence-electron chi connectivity index (χ4n) is 3.40. The van der Waals surface area contributed by atoms with Crippen LogP contribution >= 0.6 is 0 Å². The summed E-state index contributed by atoms with van der Waals surface area (Å²) in [6, 6.07) is 14.0. The molecule has 0 spiro atoms. The van der Waals surface area contributed by atoms with E-state index in [9.17, 15) is 10.0 Å². The van der Waals surface area contributed by atoms with Crippen molar-refractivity contribution in [3.05, 3.63) is 53.7 Å². The van der Waals surface area contributed by atoms with Gasteiger partial charge in [0, 0.05) is 0 Å². The summed E-state index contributed by atoms with van der Waals surface area (Å²) < 4.78 is 12.8. The molecule has 0 saturated carbocycles. The van der Waals surface area contributed by atoms with Gasteiger partial charge >= 0.3 is 5.91 Å². The number of para-hydroxylation sites is 2. The van der Waals surface area contributed by atoms with Crippen LogP contribution in [0.15, 0.2) is 48.5 Å². The van der Waals surface area contributed by atoms with Crippen molar-refractivity contribution >= 4 is 16.9 Å². The molecule has 0 unspecified atom stereocenters. The van der Waals surface area contributed by atoms with Gasteiger partial charge in [0.25, 0.3) is 0 Å². The first-order chi connectivity index (χ1) is 14.9. The fourth-order valence-corrected chi connectivity index (χ4v) is 3.40. The number of fused-ring (bicyclic) bond motifs is 1. The summed E-state index contributed by atoms with van der Waals surface area (Å²) in [4.78, 5) is 13.5. The van der Waals surface area contributed by atoms with E-state index in [0.717, 1.165) is 16.9 Å². The van der Waals surface area contributed by atoms with Crippen molar-refractivity contribution in [1.29, 1.82) is 0 Å². The van der Waals surface area contributed by atoms with Gasteiger partial charge in [0.15, 0.2) is 0 Å². The summed E-state index contributed by atoms with van der Waals surface area (Å²) in [6.07, 6.45) is 7.33. The van der Waals surface area contributed by atoms with Crippen LogP contribution in [0.5, 0.6) is 11.5 Å². The largest absolute Gasteiger partial charge is 0.691 e. The number of hydrogen-bond acceptors (Lipinski definition) is 5. The van der Waals surface area contributed by atoms with E-state index in [1.165, 1.54) is 32.1 Å². The summed E-state index contributed by atoms with van der Waals surface area (Å²) in [5.41, 5.74) is -0.445. The summed E-state index contributed by atoms with van der Waals surface area (Å²) in [7, 11) is 0. The molecule has 1 aromatic heterocycles. The highest BCUT2D eigenvalue weighted by atomic mass is 16.5. The van der Waals surface area contributed by atoms with E-state index < -0.39 is 11.5 Å². The van der Waals surface area contributed by atoms with E-state index in [-0.39, 0.29) is 0 Å². The van der Waals surface area contributed by atoms with Gasteiger partial charge in [0.05, 0.1) is 6.61 Å².